The SMILES string of the molecule is COC(=O)C[C@H](NC(=O)CNC(=O)CCCN(C(=O)OC(C)(C)C)c1cc(C)ccn1)c1ccc(-c2cccc3ccccc23)cc1.COC(=O)C[C@H](NC(=O)CNC(=O)CCCN(C(=O)OC(C)(C)C)c1cc(C)ccn1)c1ccc(Br)cc1.O=[P+]([O-])O[O-].OB(O)c1cccc2ccccc12.[K+].[K][K]. The molecule has 3 atom stereocenters. The molecule has 106 heavy (non-hydrogen) atoms. The number of fused-ring (bicyclic) bond motifs is 2. The fourth-order valence-electron chi connectivity index (χ4n) is 9.94. The van der Waals surface area contributed by atoms with Crippen LogP contribution in [0.3, 0.4) is 0 Å². The second kappa shape index (κ2) is 49.9. The number of methoxy groups -OCH3 is 2. The van der Waals surface area contributed by atoms with Gasteiger partial charge in [0, 0.05) is 42.8 Å². The molecule has 32 heteroatoms. The van der Waals surface area contributed by atoms with Gasteiger partial charge in [-0.05, 0) is 170 Å². The van der Waals surface area contributed by atoms with Crippen LogP contribution in [0.2, 0.25) is 0 Å². The van der Waals surface area contributed by atoms with Crippen LogP contribution in [0.1, 0.15) is 114 Å². The van der Waals surface area contributed by atoms with E-state index >= 15 is 0 Å². The van der Waals surface area contributed by atoms with Crippen LogP contribution < -0.4 is 98.1 Å². The number of amides is 6. The van der Waals surface area contributed by atoms with Crippen molar-refractivity contribution in [3.63, 3.8) is 0 Å². The molecular weight excluding hydrogens is 1530 g/mol. The van der Waals surface area contributed by atoms with Gasteiger partial charge in [-0.1, -0.05) is 137 Å². The summed E-state index contributed by atoms with van der Waals surface area (Å²) in [5.74, 6) is -1.70. The predicted molar refractivity (Wildman–Crippen MR) is 402 cm³/mol. The Morgan fingerprint density at radius 1 is 0.575 bits per heavy atom. The van der Waals surface area contributed by atoms with Gasteiger partial charge in [-0.3, -0.25) is 38.6 Å². The molecule has 0 aliphatic rings. The van der Waals surface area contributed by atoms with E-state index in [-0.39, 0.29) is 115 Å². The molecule has 0 saturated heterocycles. The molecule has 0 radical (unpaired) electrons. The molecule has 8 rings (SSSR count). The third-order valence-corrected chi connectivity index (χ3v) is 15.4. The third kappa shape index (κ3) is 35.7. The van der Waals surface area contributed by atoms with Gasteiger partial charge < -0.3 is 60.4 Å². The molecule has 8 aromatic rings. The normalized spacial score (nSPS) is 11.3. The van der Waals surface area contributed by atoms with Crippen molar-refractivity contribution < 1.29 is 138 Å². The number of nitrogens with zero attached hydrogens (tertiary/aromatic N) is 4. The van der Waals surface area contributed by atoms with Gasteiger partial charge in [-0.25, -0.2) is 24.2 Å². The van der Waals surface area contributed by atoms with Gasteiger partial charge in [0.25, 0.3) is 0 Å². The summed E-state index contributed by atoms with van der Waals surface area (Å²) in [6.07, 6.45) is 2.77. The van der Waals surface area contributed by atoms with Crippen LogP contribution in [0.15, 0.2) is 175 Å². The van der Waals surface area contributed by atoms with Gasteiger partial charge in [0.15, 0.2) is 0 Å². The van der Waals surface area contributed by atoms with Crippen LogP contribution >= 0.6 is 24.2 Å². The van der Waals surface area contributed by atoms with Gasteiger partial charge in [-0.2, -0.15) is 0 Å². The number of benzene rings is 6. The van der Waals surface area contributed by atoms with E-state index in [1.165, 1.54) is 87.2 Å². The van der Waals surface area contributed by atoms with Gasteiger partial charge in [-0.15, -0.1) is 0 Å². The first-order chi connectivity index (χ1) is 49.9. The summed E-state index contributed by atoms with van der Waals surface area (Å²) in [4.78, 5) is 120. The number of carbonyl (C=O) groups is 8. The predicted octanol–water partition coefficient (Wildman–Crippen LogP) is 5.54. The standard InChI is InChI=1S/C37H42N4O6.C27H35BrN4O6.C10H9BO2.3K.HO4P/c1-25-19-20-38-32(22-25)41(36(45)47-37(2,3)4)21-9-14-33(42)39-24-34(43)40-31(23-35(44)46-5)28-17-15-27(16-18-28)30-13-8-11-26-10-6-7-12-29(26)30;1-18-12-13-29-22(15-18)32(26(36)38-27(2,3)4)14-6-7-23(33)30-17-24(34)31-21(16-25(35)37-5)19-8-10-20(28)11-9-19;12-11(13)10-7-3-5-8-4-1-2-6-9(8)10;;;;1-4-5(2)3/h6-8,10-13,15-20,22,31H,9,14,21,23-24H2,1-5H3,(H,39,42)(H,40,43);8-13,15,21H,6-7,14,16-17H2,1-5H3,(H,30,33)(H,31,34);1-7,12-13H;;;;1H/q;;;;;+1;/p-1/t31-;21-;;;;;/m00...../s1. The van der Waals surface area contributed by atoms with Crippen molar-refractivity contribution in [1.29, 1.82) is 0 Å². The number of aryl methyl sites for hydroxylation is 2. The first-order valence-corrected chi connectivity index (χ1v) is 51.5. The van der Waals surface area contributed by atoms with Crippen LogP contribution in [-0.4, -0.2) is 190 Å². The molecule has 0 aliphatic carbocycles. The van der Waals surface area contributed by atoms with E-state index in [9.17, 15) is 38.4 Å². The second-order valence-electron chi connectivity index (χ2n) is 25.1. The summed E-state index contributed by atoms with van der Waals surface area (Å²) in [5, 5.41) is 41.7. The molecule has 0 aliphatic heterocycles. The van der Waals surface area contributed by atoms with Crippen molar-refractivity contribution in [3.8, 4) is 11.1 Å². The third-order valence-electron chi connectivity index (χ3n) is 14.8. The number of halogens is 1. The second-order valence-corrected chi connectivity index (χ2v) is 26.7. The molecule has 26 nitrogen and oxygen atoms in total. The van der Waals surface area contributed by atoms with Gasteiger partial charge >= 0.3 is 154 Å². The number of hydrogen-bond acceptors (Lipinski definition) is 20. The zero-order chi connectivity index (χ0) is 77.8. The maximum atomic E-state index is 12.9. The van der Waals surface area contributed by atoms with Gasteiger partial charge in [0.05, 0.1) is 52.2 Å². The molecule has 0 saturated carbocycles. The zero-order valence-corrected chi connectivity index (χ0v) is 73.9. The molecule has 2 aromatic heterocycles. The van der Waals surface area contributed by atoms with E-state index < -0.39 is 74.6 Å². The Labute approximate surface area is 715 Å². The maximum absolute atomic E-state index is 12.9. The van der Waals surface area contributed by atoms with E-state index in [1.54, 1.807) is 96.4 Å². The minimum atomic E-state index is -3.15. The van der Waals surface area contributed by atoms with E-state index in [0.29, 0.717) is 29.9 Å². The molecule has 6 amide bonds. The van der Waals surface area contributed by atoms with Crippen molar-refractivity contribution in [2.45, 2.75) is 117 Å². The van der Waals surface area contributed by atoms with Crippen molar-refractivity contribution >= 4 is 181 Å². The minimum absolute atomic E-state index is 0. The first-order valence-electron chi connectivity index (χ1n) is 33.6. The molecule has 0 spiro atoms. The summed E-state index contributed by atoms with van der Waals surface area (Å²) >= 11 is 5.86. The number of rotatable bonds is 25. The Hall–Kier alpha value is -5.15. The van der Waals surface area contributed by atoms with Crippen molar-refractivity contribution in [2.24, 2.45) is 0 Å². The van der Waals surface area contributed by atoms with Crippen molar-refractivity contribution in [1.82, 2.24) is 31.2 Å². The van der Waals surface area contributed by atoms with Crippen LogP contribution in [0, 0.1) is 13.8 Å². The number of aromatic nitrogens is 2. The van der Waals surface area contributed by atoms with E-state index in [4.69, 9.17) is 43.7 Å². The molecule has 0 fully saturated rings. The topological polar surface area (TPSA) is 367 Å². The Morgan fingerprint density at radius 2 is 0.962 bits per heavy atom. The first kappa shape index (κ1) is 95.1. The molecule has 2 heterocycles. The Morgan fingerprint density at radius 3 is 1.36 bits per heavy atom. The summed E-state index contributed by atoms with van der Waals surface area (Å²) < 4.78 is 32.8. The Bertz CT molecular complexity index is 4170. The molecule has 1 unspecified atom stereocenters. The number of pyridine rings is 2. The van der Waals surface area contributed by atoms with E-state index in [2.05, 4.69) is 76.1 Å². The number of ether oxygens (including phenoxy) is 4. The quantitative estimate of drug-likeness (QED) is 0.0102. The molecule has 548 valence electrons. The molecule has 6 N–H and O–H groups in total. The van der Waals surface area contributed by atoms with Crippen LogP contribution in [0.4, 0.5) is 21.2 Å². The number of anilines is 2. The summed E-state index contributed by atoms with van der Waals surface area (Å²) in [5.41, 5.74) is 4.56. The average molecular weight is 1610 g/mol. The summed E-state index contributed by atoms with van der Waals surface area (Å²) in [7, 11) is -1.98. The van der Waals surface area contributed by atoms with Crippen LogP contribution in [0.5, 0.6) is 0 Å². The molecule has 6 aromatic carbocycles. The number of esters is 2. The summed E-state index contributed by atoms with van der Waals surface area (Å²) in [6, 6.07) is 48.2. The average Bonchev–Trinajstić information content (AvgIpc) is 0.806. The number of hydrogen-bond donors (Lipinski definition) is 6. The van der Waals surface area contributed by atoms with E-state index in [1.807, 2.05) is 105 Å². The zero-order valence-electron chi connectivity index (χ0n) is 62.0. The fourth-order valence-corrected chi connectivity index (χ4v) is 10.2. The number of carbonyl (C=O) groups excluding carboxylic acids is 8. The van der Waals surface area contributed by atoms with Crippen molar-refractivity contribution in [3.05, 3.63) is 197 Å². The van der Waals surface area contributed by atoms with Gasteiger partial charge in [0.1, 0.15) is 22.8 Å². The molecular formula is C74H86BBrK3N8O18P. The van der Waals surface area contributed by atoms with Crippen LogP contribution in [-0.2, 0) is 57.0 Å². The molecule has 0 bridgehead atoms. The fraction of sp³-hybridized carbons (Fsp3) is 0.324. The Kier molecular flexibility index (Phi) is 44.7. The van der Waals surface area contributed by atoms with Crippen LogP contribution in [0.25, 0.3) is 32.7 Å². The van der Waals surface area contributed by atoms with Gasteiger partial charge in [0.2, 0.25) is 23.6 Å². The van der Waals surface area contributed by atoms with E-state index in [0.717, 1.165) is 59.4 Å². The van der Waals surface area contributed by atoms with Crippen molar-refractivity contribution in [2.75, 3.05) is 50.2 Å². The monoisotopic (exact) mass is 1610 g/mol. The summed E-state index contributed by atoms with van der Waals surface area (Å²) in [6.45, 7) is 14.3. The number of nitrogens with one attached hydrogen (secondary N) is 4. The Balaban J connectivity index is 0.000000438.